The maximum atomic E-state index is 13.4. The molecule has 0 heterocycles. The molecule has 0 atom stereocenters. The zero-order chi connectivity index (χ0) is 14.0. The lowest BCUT2D eigenvalue weighted by Gasteiger charge is -2.10. The van der Waals surface area contributed by atoms with Gasteiger partial charge in [-0.15, -0.1) is 0 Å². The normalized spacial score (nSPS) is 10.3. The maximum Gasteiger partial charge on any atom is 0.255 e. The van der Waals surface area contributed by atoms with E-state index < -0.39 is 0 Å². The van der Waals surface area contributed by atoms with Crippen molar-refractivity contribution in [2.45, 2.75) is 13.8 Å². The van der Waals surface area contributed by atoms with Crippen LogP contribution in [0.15, 0.2) is 36.4 Å². The summed E-state index contributed by atoms with van der Waals surface area (Å²) >= 11 is 1.88. The SMILES string of the molecule is Cc1ccc(C)c(C(=O)Nc2cccc(F)c2I)c1. The minimum atomic E-state index is -0.334. The van der Waals surface area contributed by atoms with Gasteiger partial charge in [-0.05, 0) is 60.2 Å². The van der Waals surface area contributed by atoms with Gasteiger partial charge in [0.1, 0.15) is 5.82 Å². The Balaban J connectivity index is 2.31. The van der Waals surface area contributed by atoms with Gasteiger partial charge in [0, 0.05) is 5.56 Å². The molecular formula is C15H13FINO. The Morgan fingerprint density at radius 1 is 1.21 bits per heavy atom. The summed E-state index contributed by atoms with van der Waals surface area (Å²) in [7, 11) is 0. The summed E-state index contributed by atoms with van der Waals surface area (Å²) in [5.41, 5.74) is 3.02. The van der Waals surface area contributed by atoms with Crippen LogP contribution in [-0.4, -0.2) is 5.91 Å². The Morgan fingerprint density at radius 2 is 1.95 bits per heavy atom. The van der Waals surface area contributed by atoms with Gasteiger partial charge in [0.2, 0.25) is 0 Å². The largest absolute Gasteiger partial charge is 0.321 e. The van der Waals surface area contributed by atoms with E-state index in [4.69, 9.17) is 0 Å². The Kier molecular flexibility index (Phi) is 4.19. The van der Waals surface area contributed by atoms with Crippen molar-refractivity contribution in [2.75, 3.05) is 5.32 Å². The van der Waals surface area contributed by atoms with Gasteiger partial charge in [-0.3, -0.25) is 4.79 Å². The van der Waals surface area contributed by atoms with Gasteiger partial charge < -0.3 is 5.32 Å². The molecular weight excluding hydrogens is 356 g/mol. The highest BCUT2D eigenvalue weighted by Crippen LogP contribution is 2.22. The number of benzene rings is 2. The van der Waals surface area contributed by atoms with Gasteiger partial charge in [-0.25, -0.2) is 4.39 Å². The summed E-state index contributed by atoms with van der Waals surface area (Å²) < 4.78 is 13.8. The topological polar surface area (TPSA) is 29.1 Å². The molecule has 0 radical (unpaired) electrons. The number of carbonyl (C=O) groups excluding carboxylic acids is 1. The number of carbonyl (C=O) groups is 1. The summed E-state index contributed by atoms with van der Waals surface area (Å²) in [6.45, 7) is 3.81. The zero-order valence-electron chi connectivity index (χ0n) is 10.6. The van der Waals surface area contributed by atoms with Crippen LogP contribution in [0, 0.1) is 23.2 Å². The number of anilines is 1. The molecule has 0 aromatic heterocycles. The molecule has 0 bridgehead atoms. The average molecular weight is 369 g/mol. The Hall–Kier alpha value is -1.43. The van der Waals surface area contributed by atoms with E-state index in [9.17, 15) is 9.18 Å². The lowest BCUT2D eigenvalue weighted by atomic mass is 10.1. The number of hydrogen-bond donors (Lipinski definition) is 1. The van der Waals surface area contributed by atoms with Gasteiger partial charge in [0.25, 0.3) is 5.91 Å². The molecule has 0 saturated heterocycles. The van der Waals surface area contributed by atoms with Crippen molar-refractivity contribution >= 4 is 34.2 Å². The Bertz CT molecular complexity index is 640. The summed E-state index contributed by atoms with van der Waals surface area (Å²) in [5.74, 6) is -0.552. The van der Waals surface area contributed by atoms with E-state index in [1.54, 1.807) is 12.1 Å². The third kappa shape index (κ3) is 3.12. The van der Waals surface area contributed by atoms with Crippen molar-refractivity contribution in [1.29, 1.82) is 0 Å². The van der Waals surface area contributed by atoms with Crippen LogP contribution in [0.1, 0.15) is 21.5 Å². The molecule has 0 aliphatic heterocycles. The third-order valence-corrected chi connectivity index (χ3v) is 3.93. The van der Waals surface area contributed by atoms with E-state index in [1.165, 1.54) is 6.07 Å². The van der Waals surface area contributed by atoms with E-state index in [1.807, 2.05) is 54.6 Å². The van der Waals surface area contributed by atoms with E-state index in [-0.39, 0.29) is 11.7 Å². The maximum absolute atomic E-state index is 13.4. The van der Waals surface area contributed by atoms with Gasteiger partial charge in [0.05, 0.1) is 9.26 Å². The van der Waals surface area contributed by atoms with Crippen LogP contribution in [0.5, 0.6) is 0 Å². The molecule has 4 heteroatoms. The molecule has 1 N–H and O–H groups in total. The predicted octanol–water partition coefficient (Wildman–Crippen LogP) is 4.30. The number of halogens is 2. The van der Waals surface area contributed by atoms with Crippen LogP contribution in [-0.2, 0) is 0 Å². The second-order valence-electron chi connectivity index (χ2n) is 4.37. The standard InChI is InChI=1S/C15H13FINO/c1-9-6-7-10(2)11(8-9)15(19)18-13-5-3-4-12(16)14(13)17/h3-8H,1-2H3,(H,18,19). The van der Waals surface area contributed by atoms with Crippen LogP contribution < -0.4 is 5.32 Å². The van der Waals surface area contributed by atoms with Crippen LogP contribution in [0.4, 0.5) is 10.1 Å². The summed E-state index contributed by atoms with van der Waals surface area (Å²) in [6, 6.07) is 10.3. The fraction of sp³-hybridized carbons (Fsp3) is 0.133. The molecule has 2 nitrogen and oxygen atoms in total. The minimum absolute atomic E-state index is 0.218. The molecule has 0 aliphatic carbocycles. The van der Waals surface area contributed by atoms with Gasteiger partial charge in [-0.1, -0.05) is 23.8 Å². The number of nitrogens with one attached hydrogen (secondary N) is 1. The third-order valence-electron chi connectivity index (χ3n) is 2.84. The minimum Gasteiger partial charge on any atom is -0.321 e. The van der Waals surface area contributed by atoms with Crippen LogP contribution in [0.3, 0.4) is 0 Å². The van der Waals surface area contributed by atoms with Crippen molar-refractivity contribution in [3.63, 3.8) is 0 Å². The first-order chi connectivity index (χ1) is 8.99. The van der Waals surface area contributed by atoms with Crippen molar-refractivity contribution in [3.05, 3.63) is 62.5 Å². The average Bonchev–Trinajstić information content (AvgIpc) is 2.38. The molecule has 0 aliphatic rings. The monoisotopic (exact) mass is 369 g/mol. The van der Waals surface area contributed by atoms with Crippen LogP contribution >= 0.6 is 22.6 Å². The Labute approximate surface area is 125 Å². The summed E-state index contributed by atoms with van der Waals surface area (Å²) in [6.07, 6.45) is 0. The highest BCUT2D eigenvalue weighted by molar-refractivity contribution is 14.1. The van der Waals surface area contributed by atoms with E-state index in [0.29, 0.717) is 14.8 Å². The quantitative estimate of drug-likeness (QED) is 0.786. The molecule has 0 fully saturated rings. The molecule has 2 rings (SSSR count). The highest BCUT2D eigenvalue weighted by atomic mass is 127. The molecule has 19 heavy (non-hydrogen) atoms. The first-order valence-corrected chi connectivity index (χ1v) is 6.89. The lowest BCUT2D eigenvalue weighted by Crippen LogP contribution is -2.14. The van der Waals surface area contributed by atoms with Gasteiger partial charge in [-0.2, -0.15) is 0 Å². The second-order valence-corrected chi connectivity index (χ2v) is 5.45. The molecule has 0 spiro atoms. The highest BCUT2D eigenvalue weighted by Gasteiger charge is 2.12. The van der Waals surface area contributed by atoms with E-state index in [2.05, 4.69) is 5.32 Å². The van der Waals surface area contributed by atoms with Crippen LogP contribution in [0.2, 0.25) is 0 Å². The van der Waals surface area contributed by atoms with Crippen molar-refractivity contribution in [2.24, 2.45) is 0 Å². The molecule has 2 aromatic rings. The lowest BCUT2D eigenvalue weighted by molar-refractivity contribution is 0.102. The number of aryl methyl sites for hydroxylation is 2. The number of amides is 1. The summed E-state index contributed by atoms with van der Waals surface area (Å²) in [5, 5.41) is 2.75. The number of rotatable bonds is 2. The molecule has 1 amide bonds. The first-order valence-electron chi connectivity index (χ1n) is 5.81. The van der Waals surface area contributed by atoms with E-state index in [0.717, 1.165) is 11.1 Å². The molecule has 98 valence electrons. The zero-order valence-corrected chi connectivity index (χ0v) is 12.8. The first kappa shape index (κ1) is 14.0. The van der Waals surface area contributed by atoms with Crippen molar-refractivity contribution in [3.8, 4) is 0 Å². The van der Waals surface area contributed by atoms with Gasteiger partial charge in [0.15, 0.2) is 0 Å². The van der Waals surface area contributed by atoms with E-state index >= 15 is 0 Å². The predicted molar refractivity (Wildman–Crippen MR) is 83.0 cm³/mol. The fourth-order valence-electron chi connectivity index (χ4n) is 1.77. The van der Waals surface area contributed by atoms with Crippen LogP contribution in [0.25, 0.3) is 0 Å². The summed E-state index contributed by atoms with van der Waals surface area (Å²) in [4.78, 5) is 12.2. The Morgan fingerprint density at radius 3 is 2.68 bits per heavy atom. The van der Waals surface area contributed by atoms with Crippen molar-refractivity contribution in [1.82, 2.24) is 0 Å². The smallest absolute Gasteiger partial charge is 0.255 e. The number of hydrogen-bond acceptors (Lipinski definition) is 1. The van der Waals surface area contributed by atoms with Crippen molar-refractivity contribution < 1.29 is 9.18 Å². The second kappa shape index (κ2) is 5.69. The van der Waals surface area contributed by atoms with Gasteiger partial charge >= 0.3 is 0 Å². The molecule has 2 aromatic carbocycles. The molecule has 0 saturated carbocycles. The fourth-order valence-corrected chi connectivity index (χ4v) is 2.26. The molecule has 0 unspecified atom stereocenters.